The Morgan fingerprint density at radius 2 is 1.91 bits per heavy atom. The molecule has 1 aromatic carbocycles. The second-order valence-electron chi connectivity index (χ2n) is 9.43. The SMILES string of the molecule is C#CCN(/C=C/C(C)=O)CCc1c(C(=C)C(=O)OC)n(C(=O)OCC[Si](C)(C)C)c2ccccc12. The van der Waals surface area contributed by atoms with Crippen molar-refractivity contribution in [1.82, 2.24) is 9.47 Å². The van der Waals surface area contributed by atoms with Crippen molar-refractivity contribution in [2.75, 3.05) is 26.8 Å². The number of fused-ring (bicyclic) bond motifs is 1. The molecule has 0 saturated heterocycles. The Labute approximate surface area is 208 Å². The maximum atomic E-state index is 13.3. The largest absolute Gasteiger partial charge is 0.465 e. The second-order valence-corrected chi connectivity index (χ2v) is 15.0. The first-order valence-electron chi connectivity index (χ1n) is 11.4. The lowest BCUT2D eigenvalue weighted by molar-refractivity contribution is -0.133. The van der Waals surface area contributed by atoms with Crippen molar-refractivity contribution in [2.24, 2.45) is 0 Å². The number of carbonyl (C=O) groups is 3. The first-order chi connectivity index (χ1) is 16.5. The van der Waals surface area contributed by atoms with Crippen LogP contribution in [-0.4, -0.2) is 62.2 Å². The van der Waals surface area contributed by atoms with Crippen molar-refractivity contribution in [1.29, 1.82) is 0 Å². The molecule has 8 heteroatoms. The fraction of sp³-hybridized carbons (Fsp3) is 0.370. The number of carbonyl (C=O) groups excluding carboxylic acids is 3. The third-order valence-electron chi connectivity index (χ3n) is 5.42. The highest BCUT2D eigenvalue weighted by molar-refractivity contribution is 6.76. The lowest BCUT2D eigenvalue weighted by Gasteiger charge is -2.18. The van der Waals surface area contributed by atoms with Gasteiger partial charge in [0.15, 0.2) is 5.78 Å². The number of aromatic nitrogens is 1. The van der Waals surface area contributed by atoms with Crippen LogP contribution in [0.1, 0.15) is 18.2 Å². The molecule has 0 N–H and O–H groups in total. The van der Waals surface area contributed by atoms with Gasteiger partial charge in [0.2, 0.25) is 0 Å². The van der Waals surface area contributed by atoms with Crippen molar-refractivity contribution >= 4 is 42.4 Å². The number of methoxy groups -OCH3 is 1. The standard InChI is InChI=1S/C27H34N2O5Si/c1-8-15-28(16-13-20(2)30)17-14-23-22-11-9-10-12-24(22)29(25(23)21(3)26(31)33-4)27(32)34-18-19-35(5,6)7/h1,9-13,16H,3,14-15,17-19H2,2,4-7H3/b16-13+. The number of terminal acetylenes is 1. The lowest BCUT2D eigenvalue weighted by atomic mass is 10.0. The molecule has 186 valence electrons. The van der Waals surface area contributed by atoms with Crippen LogP contribution in [0.15, 0.2) is 43.1 Å². The fourth-order valence-corrected chi connectivity index (χ4v) is 4.30. The summed E-state index contributed by atoms with van der Waals surface area (Å²) in [7, 11) is -0.141. The number of para-hydroxylation sites is 1. The van der Waals surface area contributed by atoms with Gasteiger partial charge in [0.25, 0.3) is 0 Å². The van der Waals surface area contributed by atoms with Gasteiger partial charge in [-0.25, -0.2) is 14.2 Å². The van der Waals surface area contributed by atoms with Crippen molar-refractivity contribution in [3.05, 3.63) is 54.4 Å². The van der Waals surface area contributed by atoms with Crippen LogP contribution < -0.4 is 0 Å². The minimum Gasteiger partial charge on any atom is -0.465 e. The number of rotatable bonds is 11. The van der Waals surface area contributed by atoms with E-state index < -0.39 is 20.1 Å². The van der Waals surface area contributed by atoms with Crippen LogP contribution in [0, 0.1) is 12.3 Å². The van der Waals surface area contributed by atoms with Gasteiger partial charge in [0, 0.05) is 26.2 Å². The normalized spacial score (nSPS) is 11.3. The average molecular weight is 495 g/mol. The molecule has 1 heterocycles. The van der Waals surface area contributed by atoms with Gasteiger partial charge in [-0.05, 0) is 37.1 Å². The molecule has 1 aromatic heterocycles. The van der Waals surface area contributed by atoms with Gasteiger partial charge in [-0.3, -0.25) is 4.79 Å². The van der Waals surface area contributed by atoms with Crippen LogP contribution in [0.5, 0.6) is 0 Å². The summed E-state index contributed by atoms with van der Waals surface area (Å²) in [6, 6.07) is 8.21. The highest BCUT2D eigenvalue weighted by Crippen LogP contribution is 2.32. The van der Waals surface area contributed by atoms with Crippen LogP contribution in [0.3, 0.4) is 0 Å². The molecule has 7 nitrogen and oxygen atoms in total. The van der Waals surface area contributed by atoms with Crippen LogP contribution in [0.2, 0.25) is 25.7 Å². The third-order valence-corrected chi connectivity index (χ3v) is 7.12. The van der Waals surface area contributed by atoms with E-state index in [0.717, 1.165) is 17.0 Å². The highest BCUT2D eigenvalue weighted by atomic mass is 28.3. The maximum Gasteiger partial charge on any atom is 0.418 e. The summed E-state index contributed by atoms with van der Waals surface area (Å²) in [5, 5.41) is 0.797. The molecule has 0 aliphatic carbocycles. The summed E-state index contributed by atoms with van der Waals surface area (Å²) in [5.41, 5.74) is 1.77. The summed E-state index contributed by atoms with van der Waals surface area (Å²) in [4.78, 5) is 39.0. The van der Waals surface area contributed by atoms with Crippen molar-refractivity contribution in [3.8, 4) is 12.3 Å². The Hall–Kier alpha value is -3.57. The summed E-state index contributed by atoms with van der Waals surface area (Å²) >= 11 is 0. The summed E-state index contributed by atoms with van der Waals surface area (Å²) < 4.78 is 12.0. The Bertz CT molecular complexity index is 1180. The molecule has 0 atom stereocenters. The quantitative estimate of drug-likeness (QED) is 0.195. The Kier molecular flexibility index (Phi) is 9.66. The molecular formula is C27H34N2O5Si. The van der Waals surface area contributed by atoms with E-state index in [4.69, 9.17) is 15.9 Å². The van der Waals surface area contributed by atoms with Gasteiger partial charge < -0.3 is 14.4 Å². The van der Waals surface area contributed by atoms with Crippen molar-refractivity contribution in [2.45, 2.75) is 39.0 Å². The van der Waals surface area contributed by atoms with E-state index in [1.54, 1.807) is 6.20 Å². The van der Waals surface area contributed by atoms with Gasteiger partial charge in [0.05, 0.1) is 37.0 Å². The number of hydrogen-bond acceptors (Lipinski definition) is 6. The number of benzene rings is 1. The number of hydrogen-bond donors (Lipinski definition) is 0. The minimum absolute atomic E-state index is 0.0589. The van der Waals surface area contributed by atoms with Gasteiger partial charge in [-0.2, -0.15) is 0 Å². The average Bonchev–Trinajstić information content (AvgIpc) is 3.13. The van der Waals surface area contributed by atoms with E-state index >= 15 is 0 Å². The topological polar surface area (TPSA) is 77.8 Å². The van der Waals surface area contributed by atoms with Crippen LogP contribution in [0.4, 0.5) is 4.79 Å². The molecule has 2 aromatic rings. The Balaban J connectivity index is 2.56. The molecule has 0 fully saturated rings. The highest BCUT2D eigenvalue weighted by Gasteiger charge is 2.27. The second kappa shape index (κ2) is 12.2. The Morgan fingerprint density at radius 3 is 2.51 bits per heavy atom. The number of esters is 1. The monoisotopic (exact) mass is 494 g/mol. The van der Waals surface area contributed by atoms with E-state index in [1.807, 2.05) is 29.2 Å². The van der Waals surface area contributed by atoms with Crippen LogP contribution >= 0.6 is 0 Å². The molecule has 35 heavy (non-hydrogen) atoms. The van der Waals surface area contributed by atoms with Gasteiger partial charge in [-0.1, -0.05) is 50.3 Å². The van der Waals surface area contributed by atoms with E-state index in [0.29, 0.717) is 37.3 Å². The van der Waals surface area contributed by atoms with Gasteiger partial charge >= 0.3 is 12.1 Å². The Morgan fingerprint density at radius 1 is 1.23 bits per heavy atom. The fourth-order valence-electron chi connectivity index (χ4n) is 3.58. The molecule has 2 rings (SSSR count). The first kappa shape index (κ1) is 27.7. The summed E-state index contributed by atoms with van der Waals surface area (Å²) in [6.07, 6.45) is 8.48. The van der Waals surface area contributed by atoms with Crippen molar-refractivity contribution in [3.63, 3.8) is 0 Å². The van der Waals surface area contributed by atoms with Crippen LogP contribution in [-0.2, 0) is 25.5 Å². The third kappa shape index (κ3) is 7.46. The van der Waals surface area contributed by atoms with Gasteiger partial charge in [0.1, 0.15) is 0 Å². The maximum absolute atomic E-state index is 13.3. The predicted octanol–water partition coefficient (Wildman–Crippen LogP) is 4.73. The summed E-state index contributed by atoms with van der Waals surface area (Å²) in [5.74, 6) is 1.85. The predicted molar refractivity (Wildman–Crippen MR) is 142 cm³/mol. The van der Waals surface area contributed by atoms with Gasteiger partial charge in [-0.15, -0.1) is 6.42 Å². The summed E-state index contributed by atoms with van der Waals surface area (Å²) in [6.45, 7) is 13.1. The lowest BCUT2D eigenvalue weighted by Crippen LogP contribution is -2.25. The molecule has 0 unspecified atom stereocenters. The minimum atomic E-state index is -1.41. The molecular weight excluding hydrogens is 460 g/mol. The molecule has 0 bridgehead atoms. The van der Waals surface area contributed by atoms with E-state index in [-0.39, 0.29) is 11.4 Å². The first-order valence-corrected chi connectivity index (χ1v) is 15.1. The molecule has 0 aliphatic rings. The smallest absolute Gasteiger partial charge is 0.418 e. The molecule has 0 radical (unpaired) electrons. The molecule has 0 aliphatic heterocycles. The zero-order valence-corrected chi connectivity index (χ0v) is 22.2. The molecule has 0 spiro atoms. The van der Waals surface area contributed by atoms with Crippen molar-refractivity contribution < 1.29 is 23.9 Å². The zero-order valence-electron chi connectivity index (χ0n) is 21.2. The van der Waals surface area contributed by atoms with Crippen LogP contribution in [0.25, 0.3) is 16.5 Å². The van der Waals surface area contributed by atoms with E-state index in [2.05, 4.69) is 32.1 Å². The molecule has 0 saturated carbocycles. The molecule has 0 amide bonds. The number of nitrogens with zero attached hydrogens (tertiary/aromatic N) is 2. The zero-order chi connectivity index (χ0) is 26.2. The van der Waals surface area contributed by atoms with E-state index in [9.17, 15) is 14.4 Å². The number of ketones is 1. The number of ether oxygens (including phenoxy) is 2. The number of allylic oxidation sites excluding steroid dienone is 1. The van der Waals surface area contributed by atoms with E-state index in [1.165, 1.54) is 24.7 Å².